The Hall–Kier alpha value is -1.48. The highest BCUT2D eigenvalue weighted by atomic mass is 32.1. The average Bonchev–Trinajstić information content (AvgIpc) is 2.82. The summed E-state index contributed by atoms with van der Waals surface area (Å²) in [5.41, 5.74) is 4.64. The highest BCUT2D eigenvalue weighted by molar-refractivity contribution is 7.09. The predicted molar refractivity (Wildman–Crippen MR) is 89.1 cm³/mol. The summed E-state index contributed by atoms with van der Waals surface area (Å²) >= 11 is 1.59. The van der Waals surface area contributed by atoms with Crippen LogP contribution < -0.4 is 0 Å². The first-order chi connectivity index (χ1) is 9.75. The van der Waals surface area contributed by atoms with Crippen LogP contribution in [0.25, 0.3) is 0 Å². The van der Waals surface area contributed by atoms with Crippen LogP contribution in [0.5, 0.6) is 0 Å². The lowest BCUT2D eigenvalue weighted by Gasteiger charge is -2.14. The lowest BCUT2D eigenvalue weighted by Crippen LogP contribution is -2.12. The van der Waals surface area contributed by atoms with E-state index in [1.807, 2.05) is 0 Å². The minimum Gasteiger partial charge on any atom is -0.299 e. The molecule has 0 aliphatic carbocycles. The van der Waals surface area contributed by atoms with Crippen LogP contribution in [-0.2, 0) is 23.1 Å². The second-order valence-electron chi connectivity index (χ2n) is 6.70. The largest absolute Gasteiger partial charge is 0.299 e. The summed E-state index contributed by atoms with van der Waals surface area (Å²) in [7, 11) is 0. The Morgan fingerprint density at radius 2 is 1.90 bits per heavy atom. The standard InChI is InChI=1S/C18H23NOS/c1-12-6-7-13(2)14(8-12)9-15(20)10-17-19-16(11-21-17)18(3,4)5/h6-8,11H,9-10H2,1-5H3. The number of benzene rings is 1. The highest BCUT2D eigenvalue weighted by Gasteiger charge is 2.18. The summed E-state index contributed by atoms with van der Waals surface area (Å²) in [5, 5.41) is 3.00. The van der Waals surface area contributed by atoms with Crippen molar-refractivity contribution in [2.45, 2.75) is 52.9 Å². The topological polar surface area (TPSA) is 30.0 Å². The normalized spacial score (nSPS) is 11.7. The second kappa shape index (κ2) is 6.10. The van der Waals surface area contributed by atoms with Gasteiger partial charge in [-0.25, -0.2) is 4.98 Å². The van der Waals surface area contributed by atoms with Crippen LogP contribution in [0.15, 0.2) is 23.6 Å². The van der Waals surface area contributed by atoms with E-state index in [4.69, 9.17) is 0 Å². The van der Waals surface area contributed by atoms with Gasteiger partial charge in [-0.05, 0) is 25.0 Å². The molecule has 0 amide bonds. The minimum absolute atomic E-state index is 0.0466. The molecule has 0 atom stereocenters. The molecule has 21 heavy (non-hydrogen) atoms. The number of nitrogens with zero attached hydrogens (tertiary/aromatic N) is 1. The average molecular weight is 301 g/mol. The van der Waals surface area contributed by atoms with Gasteiger partial charge in [-0.15, -0.1) is 11.3 Å². The number of carbonyl (C=O) groups excluding carboxylic acids is 1. The van der Waals surface area contributed by atoms with Crippen LogP contribution in [0.4, 0.5) is 0 Å². The molecule has 0 spiro atoms. The molecule has 2 aromatic rings. The van der Waals surface area contributed by atoms with Crippen molar-refractivity contribution in [3.05, 3.63) is 51.0 Å². The van der Waals surface area contributed by atoms with Gasteiger partial charge in [0.2, 0.25) is 0 Å². The third-order valence-electron chi connectivity index (χ3n) is 3.56. The van der Waals surface area contributed by atoms with Crippen molar-refractivity contribution in [1.29, 1.82) is 0 Å². The third kappa shape index (κ3) is 4.24. The molecule has 0 aliphatic rings. The molecule has 0 aliphatic heterocycles. The number of rotatable bonds is 4. The summed E-state index contributed by atoms with van der Waals surface area (Å²) < 4.78 is 0. The van der Waals surface area contributed by atoms with Crippen molar-refractivity contribution < 1.29 is 4.79 Å². The number of ketones is 1. The van der Waals surface area contributed by atoms with E-state index in [-0.39, 0.29) is 11.2 Å². The second-order valence-corrected chi connectivity index (χ2v) is 7.64. The molecular weight excluding hydrogens is 278 g/mol. The molecule has 0 radical (unpaired) electrons. The van der Waals surface area contributed by atoms with Crippen LogP contribution in [0, 0.1) is 13.8 Å². The van der Waals surface area contributed by atoms with Crippen molar-refractivity contribution in [1.82, 2.24) is 4.98 Å². The predicted octanol–water partition coefficient (Wildman–Crippen LogP) is 4.41. The molecule has 3 heteroatoms. The smallest absolute Gasteiger partial charge is 0.144 e. The monoisotopic (exact) mass is 301 g/mol. The summed E-state index contributed by atoms with van der Waals surface area (Å²) in [6.45, 7) is 10.5. The van der Waals surface area contributed by atoms with Crippen LogP contribution in [0.2, 0.25) is 0 Å². The number of thiazole rings is 1. The summed E-state index contributed by atoms with van der Waals surface area (Å²) in [4.78, 5) is 16.9. The first-order valence-electron chi connectivity index (χ1n) is 7.28. The molecule has 0 unspecified atom stereocenters. The van der Waals surface area contributed by atoms with Gasteiger partial charge in [0.05, 0.1) is 12.1 Å². The van der Waals surface area contributed by atoms with E-state index in [1.165, 1.54) is 11.1 Å². The van der Waals surface area contributed by atoms with Crippen molar-refractivity contribution in [2.75, 3.05) is 0 Å². The lowest BCUT2D eigenvalue weighted by atomic mass is 9.93. The molecule has 112 valence electrons. The van der Waals surface area contributed by atoms with E-state index in [9.17, 15) is 4.79 Å². The number of aryl methyl sites for hydroxylation is 2. The Morgan fingerprint density at radius 1 is 1.19 bits per heavy atom. The molecule has 1 heterocycles. The first kappa shape index (κ1) is 15.9. The Labute approximate surface area is 131 Å². The van der Waals surface area contributed by atoms with E-state index < -0.39 is 0 Å². The number of hydrogen-bond donors (Lipinski definition) is 0. The van der Waals surface area contributed by atoms with E-state index >= 15 is 0 Å². The maximum absolute atomic E-state index is 12.3. The SMILES string of the molecule is Cc1ccc(C)c(CC(=O)Cc2nc(C(C)(C)C)cs2)c1. The quantitative estimate of drug-likeness (QED) is 0.837. The van der Waals surface area contributed by atoms with Crippen molar-refractivity contribution in [3.8, 4) is 0 Å². The van der Waals surface area contributed by atoms with Gasteiger partial charge in [-0.1, -0.05) is 44.5 Å². The van der Waals surface area contributed by atoms with Crippen molar-refractivity contribution in [3.63, 3.8) is 0 Å². The van der Waals surface area contributed by atoms with E-state index in [0.717, 1.165) is 16.3 Å². The summed E-state index contributed by atoms with van der Waals surface area (Å²) in [6, 6.07) is 6.27. The molecule has 1 aromatic heterocycles. The molecular formula is C18H23NOS. The van der Waals surface area contributed by atoms with Gasteiger partial charge in [0, 0.05) is 17.2 Å². The lowest BCUT2D eigenvalue weighted by molar-refractivity contribution is -0.117. The Morgan fingerprint density at radius 3 is 2.52 bits per heavy atom. The highest BCUT2D eigenvalue weighted by Crippen LogP contribution is 2.24. The maximum Gasteiger partial charge on any atom is 0.144 e. The van der Waals surface area contributed by atoms with Gasteiger partial charge in [0.15, 0.2) is 0 Å². The van der Waals surface area contributed by atoms with Crippen LogP contribution in [-0.4, -0.2) is 10.8 Å². The summed E-state index contributed by atoms with van der Waals surface area (Å²) in [6.07, 6.45) is 0.937. The van der Waals surface area contributed by atoms with Gasteiger partial charge in [0.1, 0.15) is 10.8 Å². The number of carbonyl (C=O) groups is 1. The van der Waals surface area contributed by atoms with Gasteiger partial charge < -0.3 is 0 Å². The zero-order chi connectivity index (χ0) is 15.6. The molecule has 0 saturated carbocycles. The van der Waals surface area contributed by atoms with E-state index in [1.54, 1.807) is 11.3 Å². The van der Waals surface area contributed by atoms with Gasteiger partial charge in [0.25, 0.3) is 0 Å². The first-order valence-corrected chi connectivity index (χ1v) is 8.16. The zero-order valence-corrected chi connectivity index (χ0v) is 14.3. The van der Waals surface area contributed by atoms with Crippen LogP contribution in [0.3, 0.4) is 0 Å². The zero-order valence-electron chi connectivity index (χ0n) is 13.5. The van der Waals surface area contributed by atoms with Crippen LogP contribution >= 0.6 is 11.3 Å². The van der Waals surface area contributed by atoms with Gasteiger partial charge in [-0.3, -0.25) is 4.79 Å². The fourth-order valence-corrected chi connectivity index (χ4v) is 3.22. The molecule has 2 rings (SSSR count). The van der Waals surface area contributed by atoms with Gasteiger partial charge >= 0.3 is 0 Å². The molecule has 0 N–H and O–H groups in total. The third-order valence-corrected chi connectivity index (χ3v) is 4.41. The molecule has 1 aromatic carbocycles. The van der Waals surface area contributed by atoms with E-state index in [0.29, 0.717) is 12.8 Å². The number of Topliss-reactive ketones (excluding diaryl/α,β-unsaturated/α-hetero) is 1. The Balaban J connectivity index is 2.05. The number of hydrogen-bond acceptors (Lipinski definition) is 3. The molecule has 0 fully saturated rings. The van der Waals surface area contributed by atoms with E-state index in [2.05, 4.69) is 63.2 Å². The minimum atomic E-state index is 0.0466. The fraction of sp³-hybridized carbons (Fsp3) is 0.444. The molecule has 0 bridgehead atoms. The molecule has 0 saturated heterocycles. The fourth-order valence-electron chi connectivity index (χ4n) is 2.17. The number of aromatic nitrogens is 1. The Kier molecular flexibility index (Phi) is 4.62. The molecule has 2 nitrogen and oxygen atoms in total. The van der Waals surface area contributed by atoms with Crippen molar-refractivity contribution in [2.24, 2.45) is 0 Å². The summed E-state index contributed by atoms with van der Waals surface area (Å²) in [5.74, 6) is 0.235. The van der Waals surface area contributed by atoms with Crippen molar-refractivity contribution >= 4 is 17.1 Å². The van der Waals surface area contributed by atoms with Crippen LogP contribution in [0.1, 0.15) is 48.2 Å². The van der Waals surface area contributed by atoms with Gasteiger partial charge in [-0.2, -0.15) is 0 Å². The maximum atomic E-state index is 12.3. The Bertz CT molecular complexity index is 649.